The summed E-state index contributed by atoms with van der Waals surface area (Å²) in [7, 11) is 1.77. The quantitative estimate of drug-likeness (QED) is 0.455. The van der Waals surface area contributed by atoms with Gasteiger partial charge in [0.15, 0.2) is 0 Å². The maximum absolute atomic E-state index is 4.38. The second-order valence-corrected chi connectivity index (χ2v) is 2.90. The topological polar surface area (TPSA) is 24.7 Å². The molecule has 0 aromatic carbocycles. The fourth-order valence-corrected chi connectivity index (χ4v) is 0.853. The van der Waals surface area contributed by atoms with E-state index in [0.29, 0.717) is 5.92 Å². The van der Waals surface area contributed by atoms with Gasteiger partial charge in [0.05, 0.1) is 0 Å². The summed E-state index contributed by atoms with van der Waals surface area (Å²) in [5, 5.41) is 0. The minimum Gasteiger partial charge on any atom is -0.274 e. The van der Waals surface area contributed by atoms with E-state index >= 15 is 0 Å². The van der Waals surface area contributed by atoms with Crippen LogP contribution in [0.3, 0.4) is 0 Å². The van der Waals surface area contributed by atoms with E-state index in [1.807, 2.05) is 0 Å². The molecule has 0 amide bonds. The minimum absolute atomic E-state index is 0.386. The largest absolute Gasteiger partial charge is 0.274 e. The van der Waals surface area contributed by atoms with Crippen LogP contribution in [0.1, 0.15) is 27.2 Å². The number of hydrogen-bond acceptors (Lipinski definition) is 1. The predicted octanol–water partition coefficient (Wildman–Crippen LogP) is 2.71. The normalized spacial score (nSPS) is 13.8. The summed E-state index contributed by atoms with van der Waals surface area (Å²) in [6.07, 6.45) is 2.70. The molecule has 0 aliphatic carbocycles. The molecule has 2 nitrogen and oxygen atoms in total. The number of aliphatic imine (C=N–C) groups is 2. The van der Waals surface area contributed by atoms with Gasteiger partial charge in [0.25, 0.3) is 0 Å². The summed E-state index contributed by atoms with van der Waals surface area (Å²) in [6, 6.07) is 0. The van der Waals surface area contributed by atoms with Gasteiger partial charge in [-0.2, -0.15) is 0 Å². The van der Waals surface area contributed by atoms with Crippen LogP contribution in [0, 0.1) is 5.92 Å². The van der Waals surface area contributed by atoms with Gasteiger partial charge in [0.1, 0.15) is 5.84 Å². The third-order valence-electron chi connectivity index (χ3n) is 1.60. The van der Waals surface area contributed by atoms with E-state index < -0.39 is 0 Å². The van der Waals surface area contributed by atoms with Crippen molar-refractivity contribution < 1.29 is 0 Å². The molecule has 0 heterocycles. The lowest BCUT2D eigenvalue weighted by atomic mass is 10.2. The Morgan fingerprint density at radius 1 is 1.50 bits per heavy atom. The molecule has 0 radical (unpaired) electrons. The number of amidine groups is 1. The maximum Gasteiger partial charge on any atom is 0.125 e. The van der Waals surface area contributed by atoms with Gasteiger partial charge < -0.3 is 0 Å². The van der Waals surface area contributed by atoms with Crippen LogP contribution in [-0.2, 0) is 0 Å². The van der Waals surface area contributed by atoms with Crippen LogP contribution in [0.5, 0.6) is 0 Å². The first-order valence-corrected chi connectivity index (χ1v) is 4.32. The Balaban J connectivity index is 4.56. The van der Waals surface area contributed by atoms with Crippen molar-refractivity contribution in [3.63, 3.8) is 0 Å². The molecule has 0 rings (SSSR count). The van der Waals surface area contributed by atoms with Crippen molar-refractivity contribution >= 4 is 11.5 Å². The first-order chi connectivity index (χ1) is 5.65. The van der Waals surface area contributed by atoms with E-state index in [9.17, 15) is 0 Å². The van der Waals surface area contributed by atoms with Crippen LogP contribution in [0.25, 0.3) is 0 Å². The van der Waals surface area contributed by atoms with E-state index in [1.54, 1.807) is 13.1 Å². The van der Waals surface area contributed by atoms with Gasteiger partial charge in [-0.15, -0.1) is 0 Å². The van der Waals surface area contributed by atoms with Crippen LogP contribution in [0.4, 0.5) is 0 Å². The third kappa shape index (κ3) is 3.46. The average Bonchev–Trinajstić information content (AvgIpc) is 2.06. The van der Waals surface area contributed by atoms with Gasteiger partial charge in [0, 0.05) is 18.7 Å². The van der Waals surface area contributed by atoms with Crippen molar-refractivity contribution in [2.45, 2.75) is 27.2 Å². The van der Waals surface area contributed by atoms with E-state index in [2.05, 4.69) is 37.3 Å². The van der Waals surface area contributed by atoms with E-state index in [0.717, 1.165) is 18.0 Å². The van der Waals surface area contributed by atoms with Crippen LogP contribution in [0.2, 0.25) is 0 Å². The number of rotatable bonds is 3. The summed E-state index contributed by atoms with van der Waals surface area (Å²) in [4.78, 5) is 8.48. The van der Waals surface area contributed by atoms with Crippen LogP contribution < -0.4 is 0 Å². The fourth-order valence-electron chi connectivity index (χ4n) is 0.853. The summed E-state index contributed by atoms with van der Waals surface area (Å²) in [6.45, 7) is 9.93. The summed E-state index contributed by atoms with van der Waals surface area (Å²) < 4.78 is 0. The molecule has 0 atom stereocenters. The highest BCUT2D eigenvalue weighted by Gasteiger charge is 2.01. The molecule has 0 fully saturated rings. The first-order valence-electron chi connectivity index (χ1n) is 4.32. The molecule has 0 spiro atoms. The molecular formula is C10H18N2. The smallest absolute Gasteiger partial charge is 0.125 e. The predicted molar refractivity (Wildman–Crippen MR) is 56.1 cm³/mol. The summed E-state index contributed by atoms with van der Waals surface area (Å²) in [5.74, 6) is 1.28. The molecule has 68 valence electrons. The maximum atomic E-state index is 4.38. The van der Waals surface area contributed by atoms with Crippen molar-refractivity contribution in [1.29, 1.82) is 0 Å². The Hall–Kier alpha value is -0.920. The molecule has 0 aliphatic heterocycles. The number of allylic oxidation sites excluding steroid dienone is 1. The fraction of sp³-hybridized carbons (Fsp3) is 0.600. The Morgan fingerprint density at radius 3 is 2.33 bits per heavy atom. The molecular weight excluding hydrogens is 148 g/mol. The molecule has 0 aromatic heterocycles. The highest BCUT2D eigenvalue weighted by molar-refractivity contribution is 6.03. The third-order valence-corrected chi connectivity index (χ3v) is 1.60. The first kappa shape index (κ1) is 11.1. The zero-order valence-electron chi connectivity index (χ0n) is 8.46. The molecule has 0 unspecified atom stereocenters. The Labute approximate surface area is 75.1 Å². The molecule has 0 saturated heterocycles. The molecule has 0 aromatic rings. The van der Waals surface area contributed by atoms with Crippen LogP contribution in [0.15, 0.2) is 22.6 Å². The minimum atomic E-state index is 0.386. The molecule has 0 saturated carbocycles. The second kappa shape index (κ2) is 5.70. The SMILES string of the molecule is C=C/C(CC)=N\C(=N/C)C(C)C. The van der Waals surface area contributed by atoms with Crippen molar-refractivity contribution in [3.05, 3.63) is 12.7 Å². The van der Waals surface area contributed by atoms with Gasteiger partial charge in [-0.25, -0.2) is 4.99 Å². The zero-order chi connectivity index (χ0) is 9.56. The van der Waals surface area contributed by atoms with Crippen molar-refractivity contribution in [3.8, 4) is 0 Å². The molecule has 0 bridgehead atoms. The van der Waals surface area contributed by atoms with Crippen LogP contribution in [-0.4, -0.2) is 18.6 Å². The van der Waals surface area contributed by atoms with E-state index in [-0.39, 0.29) is 0 Å². The lowest BCUT2D eigenvalue weighted by Crippen LogP contribution is -2.07. The van der Waals surface area contributed by atoms with E-state index in [4.69, 9.17) is 0 Å². The van der Waals surface area contributed by atoms with Crippen molar-refractivity contribution in [2.75, 3.05) is 7.05 Å². The average molecular weight is 166 g/mol. The molecule has 0 aliphatic rings. The van der Waals surface area contributed by atoms with Gasteiger partial charge >= 0.3 is 0 Å². The molecule has 12 heavy (non-hydrogen) atoms. The summed E-state index contributed by atoms with van der Waals surface area (Å²) in [5.41, 5.74) is 1.00. The number of hydrogen-bond donors (Lipinski definition) is 0. The second-order valence-electron chi connectivity index (χ2n) is 2.90. The monoisotopic (exact) mass is 166 g/mol. The lowest BCUT2D eigenvalue weighted by Gasteiger charge is -2.04. The highest BCUT2D eigenvalue weighted by atomic mass is 14.9. The van der Waals surface area contributed by atoms with Crippen LogP contribution >= 0.6 is 0 Å². The molecule has 2 heteroatoms. The standard InChI is InChI=1S/C10H18N2/c1-6-9(7-2)12-10(11-5)8(3)4/h6,8H,1,7H2,2-5H3/b11-10-,12-9+. The Bertz CT molecular complexity index is 200. The van der Waals surface area contributed by atoms with Gasteiger partial charge in [-0.05, 0) is 12.5 Å². The lowest BCUT2D eigenvalue weighted by molar-refractivity contribution is 0.869. The van der Waals surface area contributed by atoms with Crippen molar-refractivity contribution in [1.82, 2.24) is 0 Å². The summed E-state index contributed by atoms with van der Waals surface area (Å²) >= 11 is 0. The van der Waals surface area contributed by atoms with Gasteiger partial charge in [0.2, 0.25) is 0 Å². The highest BCUT2D eigenvalue weighted by Crippen LogP contribution is 2.00. The van der Waals surface area contributed by atoms with E-state index in [1.165, 1.54) is 0 Å². The zero-order valence-corrected chi connectivity index (χ0v) is 8.46. The Kier molecular flexibility index (Phi) is 5.26. The van der Waals surface area contributed by atoms with Crippen molar-refractivity contribution in [2.24, 2.45) is 15.9 Å². The number of nitrogens with zero attached hydrogens (tertiary/aromatic N) is 2. The van der Waals surface area contributed by atoms with Gasteiger partial charge in [-0.1, -0.05) is 27.4 Å². The Morgan fingerprint density at radius 2 is 2.08 bits per heavy atom. The van der Waals surface area contributed by atoms with Gasteiger partial charge in [-0.3, -0.25) is 4.99 Å². The molecule has 0 N–H and O–H groups in total.